The highest BCUT2D eigenvalue weighted by atomic mass is 32.1. The SMILES string of the molecule is Nc1nc(-c2ccc(NC(=O)CN(CC3CCCCC3)C(=O)Cc3cccnc3)cc2)cs1. The summed E-state index contributed by atoms with van der Waals surface area (Å²) in [5.41, 5.74) is 9.01. The minimum absolute atomic E-state index is 0.0415. The zero-order valence-electron chi connectivity index (χ0n) is 18.6. The Balaban J connectivity index is 1.39. The fourth-order valence-electron chi connectivity index (χ4n) is 4.24. The molecular formula is C25H29N5O2S. The van der Waals surface area contributed by atoms with Crippen molar-refractivity contribution >= 4 is 34.0 Å². The molecule has 0 bridgehead atoms. The topological polar surface area (TPSA) is 101 Å². The third kappa shape index (κ3) is 6.61. The lowest BCUT2D eigenvalue weighted by Gasteiger charge is -2.29. The summed E-state index contributed by atoms with van der Waals surface area (Å²) in [6, 6.07) is 11.2. The van der Waals surface area contributed by atoms with Crippen LogP contribution < -0.4 is 11.1 Å². The maximum absolute atomic E-state index is 13.1. The number of nitrogens with two attached hydrogens (primary N) is 1. The van der Waals surface area contributed by atoms with Crippen molar-refractivity contribution in [2.75, 3.05) is 24.1 Å². The maximum Gasteiger partial charge on any atom is 0.243 e. The van der Waals surface area contributed by atoms with Crippen LogP contribution in [0.15, 0.2) is 54.2 Å². The van der Waals surface area contributed by atoms with Gasteiger partial charge in [0.25, 0.3) is 0 Å². The number of benzene rings is 1. The van der Waals surface area contributed by atoms with E-state index in [9.17, 15) is 9.59 Å². The molecule has 0 aliphatic heterocycles. The summed E-state index contributed by atoms with van der Waals surface area (Å²) >= 11 is 1.39. The molecule has 8 heteroatoms. The Labute approximate surface area is 198 Å². The molecule has 4 rings (SSSR count). The number of nitrogens with zero attached hydrogens (tertiary/aromatic N) is 3. The Hall–Kier alpha value is -3.26. The van der Waals surface area contributed by atoms with Gasteiger partial charge in [-0.05, 0) is 42.5 Å². The number of hydrogen-bond donors (Lipinski definition) is 2. The Morgan fingerprint density at radius 2 is 1.91 bits per heavy atom. The number of thiazole rings is 1. The molecule has 0 spiro atoms. The van der Waals surface area contributed by atoms with Gasteiger partial charge in [-0.3, -0.25) is 14.6 Å². The smallest absolute Gasteiger partial charge is 0.243 e. The number of carbonyl (C=O) groups excluding carboxylic acids is 2. The van der Waals surface area contributed by atoms with E-state index in [0.717, 1.165) is 29.7 Å². The molecular weight excluding hydrogens is 434 g/mol. The highest BCUT2D eigenvalue weighted by molar-refractivity contribution is 7.13. The van der Waals surface area contributed by atoms with E-state index in [1.54, 1.807) is 17.3 Å². The standard InChI is InChI=1S/C25H29N5O2S/c26-25-29-22(17-33-25)20-8-10-21(11-9-20)28-23(31)16-30(15-18-5-2-1-3-6-18)24(32)13-19-7-4-12-27-14-19/h4,7-12,14,17-18H,1-3,5-6,13,15-16H2,(H2,26,29)(H,28,31). The lowest BCUT2D eigenvalue weighted by atomic mass is 9.89. The quantitative estimate of drug-likeness (QED) is 0.516. The second-order valence-electron chi connectivity index (χ2n) is 8.51. The molecule has 0 radical (unpaired) electrons. The zero-order valence-corrected chi connectivity index (χ0v) is 19.4. The second kappa shape index (κ2) is 11.0. The monoisotopic (exact) mass is 463 g/mol. The van der Waals surface area contributed by atoms with Gasteiger partial charge in [0.15, 0.2) is 5.13 Å². The highest BCUT2D eigenvalue weighted by Gasteiger charge is 2.23. The van der Waals surface area contributed by atoms with Crippen LogP contribution in [0.5, 0.6) is 0 Å². The number of amides is 2. The van der Waals surface area contributed by atoms with Crippen LogP contribution in [0.25, 0.3) is 11.3 Å². The molecule has 0 atom stereocenters. The second-order valence-corrected chi connectivity index (χ2v) is 9.40. The molecule has 1 aliphatic rings. The molecule has 33 heavy (non-hydrogen) atoms. The Morgan fingerprint density at radius 1 is 1.12 bits per heavy atom. The van der Waals surface area contributed by atoms with E-state index in [0.29, 0.717) is 23.3 Å². The van der Waals surface area contributed by atoms with Gasteiger partial charge in [-0.25, -0.2) is 4.98 Å². The van der Waals surface area contributed by atoms with Gasteiger partial charge in [0, 0.05) is 35.6 Å². The van der Waals surface area contributed by atoms with Crippen LogP contribution in [0, 0.1) is 5.92 Å². The highest BCUT2D eigenvalue weighted by Crippen LogP contribution is 2.26. The van der Waals surface area contributed by atoms with Crippen molar-refractivity contribution in [3.05, 3.63) is 59.7 Å². The summed E-state index contributed by atoms with van der Waals surface area (Å²) < 4.78 is 0. The number of hydrogen-bond acceptors (Lipinski definition) is 6. The maximum atomic E-state index is 13.1. The van der Waals surface area contributed by atoms with Crippen molar-refractivity contribution < 1.29 is 9.59 Å². The van der Waals surface area contributed by atoms with Gasteiger partial charge in [-0.15, -0.1) is 11.3 Å². The predicted octanol–water partition coefficient (Wildman–Crippen LogP) is 4.38. The molecule has 7 nitrogen and oxygen atoms in total. The summed E-state index contributed by atoms with van der Waals surface area (Å²) in [5, 5.41) is 5.35. The molecule has 1 aromatic carbocycles. The predicted molar refractivity (Wildman–Crippen MR) is 132 cm³/mol. The molecule has 2 amide bonds. The van der Waals surface area contributed by atoms with Gasteiger partial charge in [-0.2, -0.15) is 0 Å². The lowest BCUT2D eigenvalue weighted by molar-refractivity contribution is -0.134. The van der Waals surface area contributed by atoms with Crippen LogP contribution in [0.2, 0.25) is 0 Å². The van der Waals surface area contributed by atoms with Crippen LogP contribution in [-0.4, -0.2) is 39.8 Å². The average Bonchev–Trinajstić information content (AvgIpc) is 3.26. The van der Waals surface area contributed by atoms with Gasteiger partial charge in [-0.1, -0.05) is 37.5 Å². The van der Waals surface area contributed by atoms with Gasteiger partial charge < -0.3 is 16.0 Å². The normalized spacial score (nSPS) is 14.1. The molecule has 1 fully saturated rings. The van der Waals surface area contributed by atoms with E-state index >= 15 is 0 Å². The fourth-order valence-corrected chi connectivity index (χ4v) is 4.82. The van der Waals surface area contributed by atoms with Gasteiger partial charge >= 0.3 is 0 Å². The van der Waals surface area contributed by atoms with E-state index in [2.05, 4.69) is 15.3 Å². The number of anilines is 2. The molecule has 172 valence electrons. The number of aromatic nitrogens is 2. The molecule has 1 saturated carbocycles. The first kappa shape index (κ1) is 22.9. The van der Waals surface area contributed by atoms with Crippen LogP contribution in [-0.2, 0) is 16.0 Å². The third-order valence-electron chi connectivity index (χ3n) is 5.96. The van der Waals surface area contributed by atoms with E-state index in [4.69, 9.17) is 5.73 Å². The molecule has 3 N–H and O–H groups in total. The van der Waals surface area contributed by atoms with Crippen molar-refractivity contribution in [1.82, 2.24) is 14.9 Å². The summed E-state index contributed by atoms with van der Waals surface area (Å²) in [6.07, 6.45) is 9.51. The first-order chi connectivity index (χ1) is 16.1. The van der Waals surface area contributed by atoms with Crippen molar-refractivity contribution in [3.63, 3.8) is 0 Å². The molecule has 3 aromatic rings. The summed E-state index contributed by atoms with van der Waals surface area (Å²) in [4.78, 5) is 36.0. The number of pyridine rings is 1. The average molecular weight is 464 g/mol. The fraction of sp³-hybridized carbons (Fsp3) is 0.360. The molecule has 2 aromatic heterocycles. The van der Waals surface area contributed by atoms with Crippen molar-refractivity contribution in [2.45, 2.75) is 38.5 Å². The Bertz CT molecular complexity index is 1060. The van der Waals surface area contributed by atoms with Crippen LogP contribution in [0.3, 0.4) is 0 Å². The number of rotatable bonds is 8. The summed E-state index contributed by atoms with van der Waals surface area (Å²) in [7, 11) is 0. The van der Waals surface area contributed by atoms with Gasteiger partial charge in [0.1, 0.15) is 0 Å². The molecule has 1 aliphatic carbocycles. The lowest BCUT2D eigenvalue weighted by Crippen LogP contribution is -2.42. The summed E-state index contributed by atoms with van der Waals surface area (Å²) in [5.74, 6) is 0.213. The van der Waals surface area contributed by atoms with Crippen LogP contribution in [0.1, 0.15) is 37.7 Å². The number of nitrogen functional groups attached to an aromatic ring is 1. The Morgan fingerprint density at radius 3 is 2.58 bits per heavy atom. The van der Waals surface area contributed by atoms with Gasteiger partial charge in [0.2, 0.25) is 11.8 Å². The van der Waals surface area contributed by atoms with E-state index in [1.807, 2.05) is 41.8 Å². The van der Waals surface area contributed by atoms with Crippen LogP contribution in [0.4, 0.5) is 10.8 Å². The first-order valence-corrected chi connectivity index (χ1v) is 12.2. The van der Waals surface area contributed by atoms with Crippen molar-refractivity contribution in [1.29, 1.82) is 0 Å². The van der Waals surface area contributed by atoms with E-state index in [-0.39, 0.29) is 24.8 Å². The Kier molecular flexibility index (Phi) is 7.67. The van der Waals surface area contributed by atoms with E-state index in [1.165, 1.54) is 30.6 Å². The van der Waals surface area contributed by atoms with E-state index < -0.39 is 0 Å². The first-order valence-electron chi connectivity index (χ1n) is 11.3. The molecule has 2 heterocycles. The van der Waals surface area contributed by atoms with Crippen molar-refractivity contribution in [2.24, 2.45) is 5.92 Å². The molecule has 0 unspecified atom stereocenters. The number of carbonyl (C=O) groups is 2. The third-order valence-corrected chi connectivity index (χ3v) is 6.63. The van der Waals surface area contributed by atoms with Crippen LogP contribution >= 0.6 is 11.3 Å². The zero-order chi connectivity index (χ0) is 23.0. The summed E-state index contributed by atoms with van der Waals surface area (Å²) in [6.45, 7) is 0.663. The number of nitrogens with one attached hydrogen (secondary N) is 1. The minimum Gasteiger partial charge on any atom is -0.375 e. The molecule has 0 saturated heterocycles. The van der Waals surface area contributed by atoms with Crippen molar-refractivity contribution in [3.8, 4) is 11.3 Å². The van der Waals surface area contributed by atoms with Gasteiger partial charge in [0.05, 0.1) is 18.7 Å². The largest absolute Gasteiger partial charge is 0.375 e. The minimum atomic E-state index is -0.198.